The monoisotopic (exact) mass is 445 g/mol. The highest BCUT2D eigenvalue weighted by molar-refractivity contribution is 6.14. The lowest BCUT2D eigenvalue weighted by atomic mass is 9.94. The fourth-order valence-corrected chi connectivity index (χ4v) is 4.48. The molecule has 176 valence electrons. The second kappa shape index (κ2) is 11.9. The number of rotatable bonds is 9. The maximum Gasteiger partial charge on any atom is 0.187 e. The number of anilines is 2. The maximum atomic E-state index is 13.4. The number of likely N-dealkylation sites (N-methyl/N-ethyl adjacent to an activating group) is 1. The van der Waals surface area contributed by atoms with Crippen molar-refractivity contribution >= 4 is 29.3 Å². The quantitative estimate of drug-likeness (QED) is 0.459. The van der Waals surface area contributed by atoms with Crippen molar-refractivity contribution in [3.05, 3.63) is 70.8 Å². The Morgan fingerprint density at radius 1 is 0.667 bits per heavy atom. The number of Topliss-reactive ketones (excluding diaryl/α,β-unsaturated/α-hetero) is 1. The second-order valence-corrected chi connectivity index (χ2v) is 8.50. The molecule has 0 saturated carbocycles. The van der Waals surface area contributed by atoms with Crippen LogP contribution in [0.25, 0.3) is 12.2 Å². The van der Waals surface area contributed by atoms with Crippen molar-refractivity contribution in [1.82, 2.24) is 4.90 Å². The Hall–Kier alpha value is -2.85. The third-order valence-corrected chi connectivity index (χ3v) is 6.54. The number of piperidine rings is 1. The number of benzene rings is 2. The lowest BCUT2D eigenvalue weighted by molar-refractivity contribution is -0.113. The molecule has 4 heteroatoms. The van der Waals surface area contributed by atoms with Crippen LogP contribution in [0.15, 0.2) is 59.7 Å². The molecule has 0 aromatic heterocycles. The molecule has 0 aliphatic carbocycles. The minimum atomic E-state index is 0.167. The standard InChI is InChI=1S/C29H39N3O/c1-6-30-21-25(19-23-11-15-27(16-12-23)31(7-2)8-3)29(33)26(22-30)20-24-13-17-28(18-14-24)32(9-4)10-5/h11-20H,6-10,21-22H2,1-5H3. The van der Waals surface area contributed by atoms with Crippen LogP contribution in [-0.4, -0.2) is 56.5 Å². The Kier molecular flexibility index (Phi) is 8.90. The van der Waals surface area contributed by atoms with Gasteiger partial charge in [0, 0.05) is 61.8 Å². The van der Waals surface area contributed by atoms with E-state index in [1.807, 2.05) is 0 Å². The zero-order chi connectivity index (χ0) is 23.8. The van der Waals surface area contributed by atoms with Gasteiger partial charge in [-0.2, -0.15) is 0 Å². The molecule has 1 aliphatic heterocycles. The van der Waals surface area contributed by atoms with Gasteiger partial charge in [-0.15, -0.1) is 0 Å². The smallest absolute Gasteiger partial charge is 0.187 e. The molecule has 4 nitrogen and oxygen atoms in total. The van der Waals surface area contributed by atoms with Crippen molar-refractivity contribution in [1.29, 1.82) is 0 Å². The molecular weight excluding hydrogens is 406 g/mol. The van der Waals surface area contributed by atoms with Crippen LogP contribution in [0.4, 0.5) is 11.4 Å². The molecule has 2 aromatic carbocycles. The third kappa shape index (κ3) is 6.14. The van der Waals surface area contributed by atoms with Gasteiger partial charge in [-0.25, -0.2) is 0 Å². The van der Waals surface area contributed by atoms with Gasteiger partial charge in [-0.05, 0) is 81.8 Å². The van der Waals surface area contributed by atoms with Gasteiger partial charge in [0.05, 0.1) is 0 Å². The molecule has 1 heterocycles. The highest BCUT2D eigenvalue weighted by Crippen LogP contribution is 2.24. The van der Waals surface area contributed by atoms with Crippen molar-refractivity contribution in [3.63, 3.8) is 0 Å². The minimum Gasteiger partial charge on any atom is -0.372 e. The topological polar surface area (TPSA) is 26.8 Å². The molecule has 0 spiro atoms. The molecule has 0 atom stereocenters. The molecule has 0 bridgehead atoms. The van der Waals surface area contributed by atoms with Gasteiger partial charge < -0.3 is 9.80 Å². The average molecular weight is 446 g/mol. The van der Waals surface area contributed by atoms with Crippen molar-refractivity contribution in [2.24, 2.45) is 0 Å². The normalized spacial score (nSPS) is 17.1. The number of hydrogen-bond donors (Lipinski definition) is 0. The first-order valence-corrected chi connectivity index (χ1v) is 12.4. The predicted octanol–water partition coefficient (Wildman–Crippen LogP) is 5.75. The maximum absolute atomic E-state index is 13.4. The van der Waals surface area contributed by atoms with Gasteiger partial charge in [-0.3, -0.25) is 9.69 Å². The Morgan fingerprint density at radius 2 is 1.03 bits per heavy atom. The fraction of sp³-hybridized carbons (Fsp3) is 0.414. The highest BCUT2D eigenvalue weighted by atomic mass is 16.1. The van der Waals surface area contributed by atoms with Crippen LogP contribution in [0.3, 0.4) is 0 Å². The summed E-state index contributed by atoms with van der Waals surface area (Å²) in [6, 6.07) is 17.1. The summed E-state index contributed by atoms with van der Waals surface area (Å²) in [5.74, 6) is 0.167. The number of nitrogens with zero attached hydrogens (tertiary/aromatic N) is 3. The highest BCUT2D eigenvalue weighted by Gasteiger charge is 2.25. The van der Waals surface area contributed by atoms with Gasteiger partial charge in [0.25, 0.3) is 0 Å². The number of carbonyl (C=O) groups is 1. The van der Waals surface area contributed by atoms with Crippen LogP contribution >= 0.6 is 0 Å². The summed E-state index contributed by atoms with van der Waals surface area (Å²) in [7, 11) is 0. The number of ketones is 1. The first-order valence-electron chi connectivity index (χ1n) is 12.4. The van der Waals surface area contributed by atoms with Gasteiger partial charge in [0.1, 0.15) is 0 Å². The molecule has 0 radical (unpaired) electrons. The zero-order valence-corrected chi connectivity index (χ0v) is 21.0. The number of carbonyl (C=O) groups excluding carboxylic acids is 1. The molecule has 0 amide bonds. The Balaban J connectivity index is 1.84. The second-order valence-electron chi connectivity index (χ2n) is 8.50. The molecule has 3 rings (SSSR count). The van der Waals surface area contributed by atoms with Gasteiger partial charge >= 0.3 is 0 Å². The molecule has 1 saturated heterocycles. The summed E-state index contributed by atoms with van der Waals surface area (Å²) in [5.41, 5.74) is 6.33. The Bertz CT molecular complexity index is 887. The largest absolute Gasteiger partial charge is 0.372 e. The van der Waals surface area contributed by atoms with Crippen LogP contribution in [0.2, 0.25) is 0 Å². The van der Waals surface area contributed by atoms with E-state index < -0.39 is 0 Å². The summed E-state index contributed by atoms with van der Waals surface area (Å²) < 4.78 is 0. The van der Waals surface area contributed by atoms with E-state index in [9.17, 15) is 4.79 Å². The molecule has 33 heavy (non-hydrogen) atoms. The summed E-state index contributed by atoms with van der Waals surface area (Å²) in [6.07, 6.45) is 4.13. The van der Waals surface area contributed by atoms with Crippen molar-refractivity contribution in [3.8, 4) is 0 Å². The molecule has 0 N–H and O–H groups in total. The summed E-state index contributed by atoms with van der Waals surface area (Å²) in [4.78, 5) is 20.3. The van der Waals surface area contributed by atoms with E-state index in [0.29, 0.717) is 13.1 Å². The van der Waals surface area contributed by atoms with Crippen molar-refractivity contribution < 1.29 is 4.79 Å². The molecule has 0 unspecified atom stereocenters. The molecule has 1 aliphatic rings. The van der Waals surface area contributed by atoms with E-state index in [1.54, 1.807) is 0 Å². The van der Waals surface area contributed by atoms with Crippen LogP contribution in [0.5, 0.6) is 0 Å². The first-order chi connectivity index (χ1) is 16.0. The molecular formula is C29H39N3O. The Morgan fingerprint density at radius 3 is 1.33 bits per heavy atom. The lowest BCUT2D eigenvalue weighted by Gasteiger charge is -2.28. The van der Waals surface area contributed by atoms with Crippen LogP contribution < -0.4 is 9.80 Å². The zero-order valence-electron chi connectivity index (χ0n) is 21.0. The predicted molar refractivity (Wildman–Crippen MR) is 143 cm³/mol. The van der Waals surface area contributed by atoms with Crippen molar-refractivity contribution in [2.45, 2.75) is 34.6 Å². The van der Waals surface area contributed by atoms with Crippen molar-refractivity contribution in [2.75, 3.05) is 55.6 Å². The first kappa shape index (κ1) is 24.8. The van der Waals surface area contributed by atoms with Crippen LogP contribution in [0.1, 0.15) is 45.7 Å². The summed E-state index contributed by atoms with van der Waals surface area (Å²) in [5, 5.41) is 0. The van der Waals surface area contributed by atoms with Gasteiger partial charge in [0.15, 0.2) is 5.78 Å². The van der Waals surface area contributed by atoms with Gasteiger partial charge in [0.2, 0.25) is 0 Å². The van der Waals surface area contributed by atoms with E-state index in [0.717, 1.165) is 55.0 Å². The van der Waals surface area contributed by atoms with Crippen LogP contribution in [-0.2, 0) is 4.79 Å². The fourth-order valence-electron chi connectivity index (χ4n) is 4.48. The van der Waals surface area contributed by atoms with E-state index in [-0.39, 0.29) is 5.78 Å². The molecule has 1 fully saturated rings. The van der Waals surface area contributed by atoms with Gasteiger partial charge in [-0.1, -0.05) is 31.2 Å². The summed E-state index contributed by atoms with van der Waals surface area (Å²) in [6.45, 7) is 17.1. The van der Waals surface area contributed by atoms with E-state index in [4.69, 9.17) is 0 Å². The number of likely N-dealkylation sites (tertiary alicyclic amines) is 1. The van der Waals surface area contributed by atoms with E-state index in [1.165, 1.54) is 11.4 Å². The minimum absolute atomic E-state index is 0.167. The lowest BCUT2D eigenvalue weighted by Crippen LogP contribution is -2.37. The summed E-state index contributed by atoms with van der Waals surface area (Å²) >= 11 is 0. The third-order valence-electron chi connectivity index (χ3n) is 6.54. The SMILES string of the molecule is CCN1CC(=Cc2ccc(N(CC)CC)cc2)C(=O)C(=Cc2ccc(N(CC)CC)cc2)C1. The average Bonchev–Trinajstić information content (AvgIpc) is 2.85. The Labute approximate surface area is 200 Å². The van der Waals surface area contributed by atoms with E-state index >= 15 is 0 Å². The molecule has 2 aromatic rings. The van der Waals surface area contributed by atoms with E-state index in [2.05, 4.69) is 110 Å². The van der Waals surface area contributed by atoms with Crippen LogP contribution in [0, 0.1) is 0 Å². The number of hydrogen-bond acceptors (Lipinski definition) is 4.